The first-order valence-corrected chi connectivity index (χ1v) is 9.00. The molecule has 1 aliphatic heterocycles. The van der Waals surface area contributed by atoms with Crippen LogP contribution in [0, 0.1) is 0 Å². The number of morpholine rings is 1. The van der Waals surface area contributed by atoms with E-state index in [1.54, 1.807) is 7.11 Å². The van der Waals surface area contributed by atoms with Gasteiger partial charge in [0.1, 0.15) is 23.1 Å². The van der Waals surface area contributed by atoms with Crippen molar-refractivity contribution in [3.63, 3.8) is 0 Å². The zero-order valence-electron chi connectivity index (χ0n) is 14.9. The quantitative estimate of drug-likeness (QED) is 0.669. The van der Waals surface area contributed by atoms with Gasteiger partial charge in [-0.2, -0.15) is 4.98 Å². The van der Waals surface area contributed by atoms with E-state index in [4.69, 9.17) is 21.1 Å². The summed E-state index contributed by atoms with van der Waals surface area (Å²) in [6, 6.07) is 7.84. The lowest BCUT2D eigenvalue weighted by atomic mass is 10.2. The SMILES string of the molecule is COc1ccc(CNc2ncnc3c(N4CCOCC4)nc(Cl)nc23)cc1. The highest BCUT2D eigenvalue weighted by Gasteiger charge is 2.19. The topological polar surface area (TPSA) is 85.3 Å². The third-order valence-corrected chi connectivity index (χ3v) is 4.53. The van der Waals surface area contributed by atoms with Crippen LogP contribution in [0.5, 0.6) is 5.75 Å². The van der Waals surface area contributed by atoms with Crippen molar-refractivity contribution in [2.75, 3.05) is 43.6 Å². The van der Waals surface area contributed by atoms with E-state index >= 15 is 0 Å². The minimum absolute atomic E-state index is 0.172. The smallest absolute Gasteiger partial charge is 0.225 e. The van der Waals surface area contributed by atoms with Crippen molar-refractivity contribution in [3.8, 4) is 5.75 Å². The number of methoxy groups -OCH3 is 1. The Kier molecular flexibility index (Phi) is 5.17. The van der Waals surface area contributed by atoms with Gasteiger partial charge in [-0.1, -0.05) is 12.1 Å². The highest BCUT2D eigenvalue weighted by molar-refractivity contribution is 6.29. The van der Waals surface area contributed by atoms with E-state index in [-0.39, 0.29) is 5.28 Å². The Bertz CT molecular complexity index is 931. The van der Waals surface area contributed by atoms with Crippen LogP contribution in [0.2, 0.25) is 5.28 Å². The number of hydrogen-bond donors (Lipinski definition) is 1. The van der Waals surface area contributed by atoms with Crippen LogP contribution < -0.4 is 15.0 Å². The fourth-order valence-corrected chi connectivity index (χ4v) is 3.12. The minimum atomic E-state index is 0.172. The van der Waals surface area contributed by atoms with Gasteiger partial charge in [0.15, 0.2) is 11.6 Å². The molecule has 0 atom stereocenters. The van der Waals surface area contributed by atoms with Crippen LogP contribution in [-0.2, 0) is 11.3 Å². The summed E-state index contributed by atoms with van der Waals surface area (Å²) in [5.74, 6) is 2.15. The summed E-state index contributed by atoms with van der Waals surface area (Å²) in [5.41, 5.74) is 2.37. The third-order valence-electron chi connectivity index (χ3n) is 4.37. The Balaban J connectivity index is 1.63. The van der Waals surface area contributed by atoms with Crippen LogP contribution in [0.15, 0.2) is 30.6 Å². The predicted molar refractivity (Wildman–Crippen MR) is 103 cm³/mol. The van der Waals surface area contributed by atoms with Crippen LogP contribution in [-0.4, -0.2) is 53.3 Å². The molecule has 0 radical (unpaired) electrons. The van der Waals surface area contributed by atoms with Crippen molar-refractivity contribution >= 4 is 34.3 Å². The summed E-state index contributed by atoms with van der Waals surface area (Å²) in [6.45, 7) is 3.36. The maximum atomic E-state index is 6.19. The molecule has 27 heavy (non-hydrogen) atoms. The number of anilines is 2. The fourth-order valence-electron chi connectivity index (χ4n) is 2.96. The summed E-state index contributed by atoms with van der Waals surface area (Å²) in [5, 5.41) is 3.49. The van der Waals surface area contributed by atoms with Gasteiger partial charge in [0.05, 0.1) is 20.3 Å². The molecule has 1 saturated heterocycles. The molecule has 4 rings (SSSR count). The summed E-state index contributed by atoms with van der Waals surface area (Å²) in [4.78, 5) is 19.6. The maximum absolute atomic E-state index is 6.19. The molecule has 1 fully saturated rings. The number of benzene rings is 1. The lowest BCUT2D eigenvalue weighted by Crippen LogP contribution is -2.37. The molecule has 0 aliphatic carbocycles. The highest BCUT2D eigenvalue weighted by atomic mass is 35.5. The van der Waals surface area contributed by atoms with E-state index in [0.717, 1.165) is 24.4 Å². The predicted octanol–water partition coefficient (Wildman–Crippen LogP) is 2.53. The van der Waals surface area contributed by atoms with Crippen molar-refractivity contribution in [1.82, 2.24) is 19.9 Å². The molecule has 0 bridgehead atoms. The molecular formula is C18H19ClN6O2. The lowest BCUT2D eigenvalue weighted by molar-refractivity contribution is 0.122. The molecule has 1 N–H and O–H groups in total. The standard InChI is InChI=1S/C18H19ClN6O2/c1-26-13-4-2-12(3-5-13)10-20-16-14-15(21-11-22-16)17(24-18(19)23-14)25-6-8-27-9-7-25/h2-5,11H,6-10H2,1H3,(H,20,21,22). The summed E-state index contributed by atoms with van der Waals surface area (Å²) >= 11 is 6.19. The molecule has 140 valence electrons. The number of nitrogens with zero attached hydrogens (tertiary/aromatic N) is 5. The van der Waals surface area contributed by atoms with Crippen LogP contribution in [0.1, 0.15) is 5.56 Å². The number of ether oxygens (including phenoxy) is 2. The van der Waals surface area contributed by atoms with E-state index in [9.17, 15) is 0 Å². The van der Waals surface area contributed by atoms with Gasteiger partial charge < -0.3 is 19.7 Å². The summed E-state index contributed by atoms with van der Waals surface area (Å²) in [7, 11) is 1.65. The maximum Gasteiger partial charge on any atom is 0.225 e. The Morgan fingerprint density at radius 1 is 1.11 bits per heavy atom. The van der Waals surface area contributed by atoms with Crippen LogP contribution in [0.4, 0.5) is 11.6 Å². The van der Waals surface area contributed by atoms with Crippen molar-refractivity contribution in [1.29, 1.82) is 0 Å². The molecule has 1 aliphatic rings. The van der Waals surface area contributed by atoms with E-state index in [1.165, 1.54) is 6.33 Å². The van der Waals surface area contributed by atoms with Gasteiger partial charge in [-0.05, 0) is 29.3 Å². The molecule has 3 aromatic rings. The highest BCUT2D eigenvalue weighted by Crippen LogP contribution is 2.28. The Morgan fingerprint density at radius 2 is 1.89 bits per heavy atom. The van der Waals surface area contributed by atoms with Gasteiger partial charge >= 0.3 is 0 Å². The fraction of sp³-hybridized carbons (Fsp3) is 0.333. The van der Waals surface area contributed by atoms with Crippen molar-refractivity contribution in [2.24, 2.45) is 0 Å². The molecule has 3 heterocycles. The first-order valence-electron chi connectivity index (χ1n) is 8.62. The van der Waals surface area contributed by atoms with E-state index < -0.39 is 0 Å². The minimum Gasteiger partial charge on any atom is -0.497 e. The zero-order chi connectivity index (χ0) is 18.6. The average molecular weight is 387 g/mol. The number of rotatable bonds is 5. The van der Waals surface area contributed by atoms with Gasteiger partial charge in [0, 0.05) is 19.6 Å². The normalized spacial score (nSPS) is 14.4. The molecule has 9 heteroatoms. The second kappa shape index (κ2) is 7.89. The monoisotopic (exact) mass is 386 g/mol. The summed E-state index contributed by atoms with van der Waals surface area (Å²) < 4.78 is 10.6. The van der Waals surface area contributed by atoms with Gasteiger partial charge in [-0.3, -0.25) is 0 Å². The second-order valence-electron chi connectivity index (χ2n) is 6.04. The molecule has 0 saturated carbocycles. The van der Waals surface area contributed by atoms with E-state index in [2.05, 4.69) is 30.2 Å². The third kappa shape index (κ3) is 3.86. The zero-order valence-corrected chi connectivity index (χ0v) is 15.6. The molecule has 1 aromatic carbocycles. The Hall–Kier alpha value is -2.71. The first kappa shape index (κ1) is 17.7. The van der Waals surface area contributed by atoms with Crippen LogP contribution >= 0.6 is 11.6 Å². The average Bonchev–Trinajstić information content (AvgIpc) is 2.72. The lowest BCUT2D eigenvalue weighted by Gasteiger charge is -2.28. The second-order valence-corrected chi connectivity index (χ2v) is 6.37. The van der Waals surface area contributed by atoms with E-state index in [0.29, 0.717) is 42.4 Å². The Labute approximate surface area is 161 Å². The van der Waals surface area contributed by atoms with Gasteiger partial charge in [0.2, 0.25) is 5.28 Å². The van der Waals surface area contributed by atoms with Crippen LogP contribution in [0.25, 0.3) is 11.0 Å². The molecule has 0 amide bonds. The van der Waals surface area contributed by atoms with E-state index in [1.807, 2.05) is 24.3 Å². The molecule has 2 aromatic heterocycles. The van der Waals surface area contributed by atoms with Gasteiger partial charge in [0.25, 0.3) is 0 Å². The number of aromatic nitrogens is 4. The number of halogens is 1. The number of fused-ring (bicyclic) bond motifs is 1. The van der Waals surface area contributed by atoms with Crippen molar-refractivity contribution < 1.29 is 9.47 Å². The van der Waals surface area contributed by atoms with Crippen molar-refractivity contribution in [2.45, 2.75) is 6.54 Å². The first-order chi connectivity index (χ1) is 13.2. The summed E-state index contributed by atoms with van der Waals surface area (Å²) in [6.07, 6.45) is 1.51. The van der Waals surface area contributed by atoms with Gasteiger partial charge in [-0.25, -0.2) is 15.0 Å². The Morgan fingerprint density at radius 3 is 2.63 bits per heavy atom. The molecular weight excluding hydrogens is 368 g/mol. The van der Waals surface area contributed by atoms with Crippen LogP contribution in [0.3, 0.4) is 0 Å². The molecule has 0 spiro atoms. The number of hydrogen-bond acceptors (Lipinski definition) is 8. The molecule has 8 nitrogen and oxygen atoms in total. The number of nitrogens with one attached hydrogen (secondary N) is 1. The van der Waals surface area contributed by atoms with Gasteiger partial charge in [-0.15, -0.1) is 0 Å². The largest absolute Gasteiger partial charge is 0.497 e. The van der Waals surface area contributed by atoms with Crippen molar-refractivity contribution in [3.05, 3.63) is 41.4 Å². The molecule has 0 unspecified atom stereocenters.